The van der Waals surface area contributed by atoms with E-state index in [1.54, 1.807) is 12.3 Å². The molecule has 5 nitrogen and oxygen atoms in total. The highest BCUT2D eigenvalue weighted by Gasteiger charge is 2.16. The van der Waals surface area contributed by atoms with Gasteiger partial charge in [-0.2, -0.15) is 0 Å². The van der Waals surface area contributed by atoms with Gasteiger partial charge >= 0.3 is 0 Å². The lowest BCUT2D eigenvalue weighted by molar-refractivity contribution is 0.0928. The zero-order valence-corrected chi connectivity index (χ0v) is 10.5. The Morgan fingerprint density at radius 2 is 2.24 bits per heavy atom. The van der Waals surface area contributed by atoms with Crippen molar-refractivity contribution in [1.82, 2.24) is 10.3 Å². The molecule has 2 atom stereocenters. The number of carbonyl (C=O) groups excluding carboxylic acids is 1. The van der Waals surface area contributed by atoms with Crippen LogP contribution in [0.1, 0.15) is 37.6 Å². The number of nitrogens with one attached hydrogen (secondary N) is 2. The lowest BCUT2D eigenvalue weighted by Gasteiger charge is -2.20. The van der Waals surface area contributed by atoms with E-state index in [9.17, 15) is 4.79 Å². The number of nitrogens with two attached hydrogens (primary N) is 1. The number of amides is 1. The van der Waals surface area contributed by atoms with Gasteiger partial charge in [-0.15, -0.1) is 0 Å². The Morgan fingerprint density at radius 3 is 2.82 bits per heavy atom. The fraction of sp³-hybridized carbons (Fsp3) is 0.500. The van der Waals surface area contributed by atoms with Crippen molar-refractivity contribution in [2.24, 2.45) is 11.8 Å². The summed E-state index contributed by atoms with van der Waals surface area (Å²) in [6, 6.07) is 1.79. The van der Waals surface area contributed by atoms with Gasteiger partial charge in [0, 0.05) is 18.4 Å². The first-order valence-electron chi connectivity index (χ1n) is 5.81. The second-order valence-corrected chi connectivity index (χ2v) is 4.21. The summed E-state index contributed by atoms with van der Waals surface area (Å²) < 4.78 is 0. The molecule has 1 rings (SSSR count). The van der Waals surface area contributed by atoms with Gasteiger partial charge in [-0.1, -0.05) is 20.3 Å². The molecule has 0 radical (unpaired) electrons. The van der Waals surface area contributed by atoms with Gasteiger partial charge < -0.3 is 10.7 Å². The topological polar surface area (TPSA) is 80.0 Å². The Labute approximate surface area is 102 Å². The highest BCUT2D eigenvalue weighted by molar-refractivity contribution is 5.99. The molecule has 0 aromatic carbocycles. The standard InChI is InChI=1S/C12H20N4O/c1-4-8(2)9(3)15-12(17)10-7-14-6-5-11(10)16-13/h5-9H,4,13H2,1-3H3,(H,14,16)(H,15,17). The maximum Gasteiger partial charge on any atom is 0.255 e. The van der Waals surface area contributed by atoms with Crippen LogP contribution in [0.4, 0.5) is 5.69 Å². The highest BCUT2D eigenvalue weighted by atomic mass is 16.1. The lowest BCUT2D eigenvalue weighted by atomic mass is 10.0. The fourth-order valence-corrected chi connectivity index (χ4v) is 1.48. The van der Waals surface area contributed by atoms with Crippen LogP contribution < -0.4 is 16.6 Å². The third-order valence-electron chi connectivity index (χ3n) is 3.08. The number of carbonyl (C=O) groups is 1. The quantitative estimate of drug-likeness (QED) is 0.535. The summed E-state index contributed by atoms with van der Waals surface area (Å²) in [6.45, 7) is 6.21. The SMILES string of the molecule is CCC(C)C(C)NC(=O)c1cnccc1NN. The molecular formula is C12H20N4O. The molecule has 0 fully saturated rings. The van der Waals surface area contributed by atoms with E-state index in [-0.39, 0.29) is 11.9 Å². The molecule has 0 aliphatic carbocycles. The second-order valence-electron chi connectivity index (χ2n) is 4.21. The minimum atomic E-state index is -0.154. The molecule has 4 N–H and O–H groups in total. The van der Waals surface area contributed by atoms with Crippen LogP contribution in [0.2, 0.25) is 0 Å². The maximum atomic E-state index is 12.0. The molecule has 1 heterocycles. The van der Waals surface area contributed by atoms with E-state index in [2.05, 4.69) is 29.6 Å². The van der Waals surface area contributed by atoms with Crippen molar-refractivity contribution in [3.8, 4) is 0 Å². The molecule has 5 heteroatoms. The normalized spacial score (nSPS) is 13.9. The number of nitrogens with zero attached hydrogens (tertiary/aromatic N) is 1. The Kier molecular flexibility index (Phi) is 4.90. The zero-order valence-electron chi connectivity index (χ0n) is 10.5. The molecule has 0 spiro atoms. The van der Waals surface area contributed by atoms with Crippen LogP contribution in [0, 0.1) is 5.92 Å². The van der Waals surface area contributed by atoms with Crippen molar-refractivity contribution < 1.29 is 4.79 Å². The van der Waals surface area contributed by atoms with Gasteiger partial charge in [-0.05, 0) is 18.9 Å². The first-order chi connectivity index (χ1) is 8.10. The number of hydrogen-bond acceptors (Lipinski definition) is 4. The first-order valence-corrected chi connectivity index (χ1v) is 5.81. The number of hydrazine groups is 1. The summed E-state index contributed by atoms with van der Waals surface area (Å²) in [4.78, 5) is 15.9. The average Bonchev–Trinajstić information content (AvgIpc) is 2.37. The van der Waals surface area contributed by atoms with E-state index in [0.717, 1.165) is 6.42 Å². The number of nitrogen functional groups attached to an aromatic ring is 1. The van der Waals surface area contributed by atoms with Crippen LogP contribution in [-0.4, -0.2) is 16.9 Å². The number of pyridine rings is 1. The van der Waals surface area contributed by atoms with Gasteiger partial charge in [0.2, 0.25) is 0 Å². The predicted octanol–water partition coefficient (Wildman–Crippen LogP) is 1.53. The molecule has 2 unspecified atom stereocenters. The molecule has 0 saturated carbocycles. The Bertz CT molecular complexity index is 381. The molecule has 1 amide bonds. The van der Waals surface area contributed by atoms with Crippen LogP contribution >= 0.6 is 0 Å². The van der Waals surface area contributed by atoms with Gasteiger partial charge in [0.15, 0.2) is 0 Å². The van der Waals surface area contributed by atoms with Crippen molar-refractivity contribution in [2.45, 2.75) is 33.2 Å². The number of hydrogen-bond donors (Lipinski definition) is 3. The van der Waals surface area contributed by atoms with Crippen LogP contribution in [0.25, 0.3) is 0 Å². The molecule has 0 aliphatic rings. The third kappa shape index (κ3) is 3.42. The molecule has 17 heavy (non-hydrogen) atoms. The van der Waals surface area contributed by atoms with Crippen molar-refractivity contribution in [1.29, 1.82) is 0 Å². The minimum Gasteiger partial charge on any atom is -0.349 e. The van der Waals surface area contributed by atoms with Crippen LogP contribution in [0.3, 0.4) is 0 Å². The van der Waals surface area contributed by atoms with Crippen LogP contribution in [0.5, 0.6) is 0 Å². The van der Waals surface area contributed by atoms with Crippen molar-refractivity contribution in [2.75, 3.05) is 5.43 Å². The number of anilines is 1. The summed E-state index contributed by atoms with van der Waals surface area (Å²) in [6.07, 6.45) is 4.12. The van der Waals surface area contributed by atoms with E-state index in [1.165, 1.54) is 6.20 Å². The summed E-state index contributed by atoms with van der Waals surface area (Å²) >= 11 is 0. The summed E-state index contributed by atoms with van der Waals surface area (Å²) in [5.41, 5.74) is 3.53. The molecule has 1 aromatic heterocycles. The lowest BCUT2D eigenvalue weighted by Crippen LogP contribution is -2.37. The van der Waals surface area contributed by atoms with Crippen LogP contribution in [0.15, 0.2) is 18.5 Å². The average molecular weight is 236 g/mol. The largest absolute Gasteiger partial charge is 0.349 e. The van der Waals surface area contributed by atoms with E-state index in [0.29, 0.717) is 17.2 Å². The smallest absolute Gasteiger partial charge is 0.255 e. The molecule has 0 bridgehead atoms. The van der Waals surface area contributed by atoms with Gasteiger partial charge in [-0.25, -0.2) is 0 Å². The zero-order chi connectivity index (χ0) is 12.8. The van der Waals surface area contributed by atoms with Gasteiger partial charge in [-0.3, -0.25) is 15.6 Å². The van der Waals surface area contributed by atoms with Gasteiger partial charge in [0.05, 0.1) is 11.3 Å². The second kappa shape index (κ2) is 6.20. The Hall–Kier alpha value is -1.62. The maximum absolute atomic E-state index is 12.0. The van der Waals surface area contributed by atoms with Crippen molar-refractivity contribution in [3.63, 3.8) is 0 Å². The molecule has 1 aromatic rings. The summed E-state index contributed by atoms with van der Waals surface area (Å²) in [5, 5.41) is 2.95. The minimum absolute atomic E-state index is 0.123. The molecule has 0 aliphatic heterocycles. The van der Waals surface area contributed by atoms with E-state index in [4.69, 9.17) is 5.84 Å². The van der Waals surface area contributed by atoms with E-state index >= 15 is 0 Å². The molecule has 0 saturated heterocycles. The third-order valence-corrected chi connectivity index (χ3v) is 3.08. The van der Waals surface area contributed by atoms with Crippen molar-refractivity contribution >= 4 is 11.6 Å². The Balaban J connectivity index is 2.76. The monoisotopic (exact) mass is 236 g/mol. The predicted molar refractivity (Wildman–Crippen MR) is 68.4 cm³/mol. The van der Waals surface area contributed by atoms with Gasteiger partial charge in [0.25, 0.3) is 5.91 Å². The first kappa shape index (κ1) is 13.4. The highest BCUT2D eigenvalue weighted by Crippen LogP contribution is 2.13. The summed E-state index contributed by atoms with van der Waals surface area (Å²) in [5.74, 6) is 5.63. The summed E-state index contributed by atoms with van der Waals surface area (Å²) in [7, 11) is 0. The Morgan fingerprint density at radius 1 is 1.53 bits per heavy atom. The fourth-order valence-electron chi connectivity index (χ4n) is 1.48. The van der Waals surface area contributed by atoms with E-state index in [1.807, 2.05) is 6.92 Å². The van der Waals surface area contributed by atoms with Crippen molar-refractivity contribution in [3.05, 3.63) is 24.0 Å². The molecule has 94 valence electrons. The molecular weight excluding hydrogens is 216 g/mol. The van der Waals surface area contributed by atoms with Gasteiger partial charge in [0.1, 0.15) is 0 Å². The number of rotatable bonds is 5. The number of aromatic nitrogens is 1. The van der Waals surface area contributed by atoms with Crippen LogP contribution in [-0.2, 0) is 0 Å². The van der Waals surface area contributed by atoms with E-state index < -0.39 is 0 Å².